The van der Waals surface area contributed by atoms with E-state index in [0.29, 0.717) is 11.4 Å². The molecule has 0 aliphatic heterocycles. The summed E-state index contributed by atoms with van der Waals surface area (Å²) in [6.07, 6.45) is 1.72. The summed E-state index contributed by atoms with van der Waals surface area (Å²) in [5, 5.41) is 3.56. The number of carbonyl (C=O) groups excluding carboxylic acids is 1. The zero-order valence-corrected chi connectivity index (χ0v) is 10.5. The molecule has 1 amide bonds. The maximum absolute atomic E-state index is 11.7. The Balaban J connectivity index is 2.34. The first-order valence-corrected chi connectivity index (χ1v) is 6.21. The fourth-order valence-corrected chi connectivity index (χ4v) is 2.41. The molecule has 0 unspecified atom stereocenters. The van der Waals surface area contributed by atoms with Crippen LogP contribution in [0.4, 0.5) is 0 Å². The molecule has 2 aromatic rings. The van der Waals surface area contributed by atoms with Gasteiger partial charge < -0.3 is 5.32 Å². The van der Waals surface area contributed by atoms with E-state index in [1.54, 1.807) is 6.20 Å². The number of rotatable bonds is 3. The molecule has 0 aliphatic rings. The van der Waals surface area contributed by atoms with Crippen molar-refractivity contribution >= 4 is 17.2 Å². The van der Waals surface area contributed by atoms with Crippen molar-refractivity contribution in [3.8, 4) is 10.7 Å². The van der Waals surface area contributed by atoms with Crippen LogP contribution >= 0.6 is 11.3 Å². The first-order chi connectivity index (χ1) is 8.22. The topological polar surface area (TPSA) is 54.9 Å². The smallest absolute Gasteiger partial charge is 0.263 e. The van der Waals surface area contributed by atoms with Crippen LogP contribution in [-0.2, 0) is 0 Å². The quantitative estimate of drug-likeness (QED) is 0.905. The molecule has 2 rings (SSSR count). The van der Waals surface area contributed by atoms with Crippen molar-refractivity contribution in [1.29, 1.82) is 0 Å². The summed E-state index contributed by atoms with van der Waals surface area (Å²) < 4.78 is 0. The van der Waals surface area contributed by atoms with Gasteiger partial charge >= 0.3 is 0 Å². The van der Waals surface area contributed by atoms with Crippen LogP contribution in [0.5, 0.6) is 0 Å². The van der Waals surface area contributed by atoms with Gasteiger partial charge in [-0.1, -0.05) is 6.07 Å². The van der Waals surface area contributed by atoms with Crippen LogP contribution in [0.2, 0.25) is 0 Å². The van der Waals surface area contributed by atoms with Gasteiger partial charge in [0.2, 0.25) is 0 Å². The molecule has 0 aliphatic carbocycles. The van der Waals surface area contributed by atoms with Crippen molar-refractivity contribution in [2.24, 2.45) is 0 Å². The highest BCUT2D eigenvalue weighted by molar-refractivity contribution is 7.17. The number of nitrogens with zero attached hydrogens (tertiary/aromatic N) is 2. The van der Waals surface area contributed by atoms with Gasteiger partial charge in [0.05, 0.1) is 11.4 Å². The van der Waals surface area contributed by atoms with Gasteiger partial charge in [-0.25, -0.2) is 4.98 Å². The number of amides is 1. The Morgan fingerprint density at radius 2 is 2.29 bits per heavy atom. The van der Waals surface area contributed by atoms with Gasteiger partial charge in [-0.3, -0.25) is 9.78 Å². The van der Waals surface area contributed by atoms with Gasteiger partial charge in [-0.15, -0.1) is 11.3 Å². The van der Waals surface area contributed by atoms with Crippen molar-refractivity contribution in [1.82, 2.24) is 15.3 Å². The van der Waals surface area contributed by atoms with E-state index in [4.69, 9.17) is 0 Å². The van der Waals surface area contributed by atoms with E-state index < -0.39 is 0 Å². The molecule has 4 nitrogen and oxygen atoms in total. The molecular formula is C12H13N3OS. The highest BCUT2D eigenvalue weighted by Crippen LogP contribution is 2.26. The van der Waals surface area contributed by atoms with Gasteiger partial charge in [0.25, 0.3) is 5.91 Å². The highest BCUT2D eigenvalue weighted by atomic mass is 32.1. The highest BCUT2D eigenvalue weighted by Gasteiger charge is 2.15. The molecular weight excluding hydrogens is 234 g/mol. The predicted octanol–water partition coefficient (Wildman–Crippen LogP) is 2.26. The molecule has 2 heterocycles. The van der Waals surface area contributed by atoms with Crippen LogP contribution in [0.1, 0.15) is 22.3 Å². The molecule has 0 aromatic carbocycles. The van der Waals surface area contributed by atoms with Crippen LogP contribution in [0.15, 0.2) is 24.4 Å². The summed E-state index contributed by atoms with van der Waals surface area (Å²) in [4.78, 5) is 21.0. The summed E-state index contributed by atoms with van der Waals surface area (Å²) in [5.74, 6) is -0.0651. The summed E-state index contributed by atoms with van der Waals surface area (Å²) in [6.45, 7) is 4.36. The third kappa shape index (κ3) is 2.50. The largest absolute Gasteiger partial charge is 0.352 e. The van der Waals surface area contributed by atoms with E-state index in [-0.39, 0.29) is 5.91 Å². The summed E-state index contributed by atoms with van der Waals surface area (Å²) >= 11 is 1.37. The van der Waals surface area contributed by atoms with Gasteiger partial charge in [-0.05, 0) is 26.0 Å². The number of nitrogens with one attached hydrogen (secondary N) is 1. The van der Waals surface area contributed by atoms with Gasteiger partial charge in [0.1, 0.15) is 9.88 Å². The average molecular weight is 247 g/mol. The van der Waals surface area contributed by atoms with E-state index in [0.717, 1.165) is 16.4 Å². The van der Waals surface area contributed by atoms with Crippen molar-refractivity contribution in [3.63, 3.8) is 0 Å². The first-order valence-electron chi connectivity index (χ1n) is 5.39. The van der Waals surface area contributed by atoms with E-state index in [2.05, 4.69) is 15.3 Å². The third-order valence-corrected chi connectivity index (χ3v) is 3.40. The first kappa shape index (κ1) is 11.7. The van der Waals surface area contributed by atoms with Gasteiger partial charge in [0, 0.05) is 12.7 Å². The minimum absolute atomic E-state index is 0.0651. The Morgan fingerprint density at radius 1 is 1.47 bits per heavy atom. The maximum atomic E-state index is 11.7. The van der Waals surface area contributed by atoms with Crippen LogP contribution in [0.25, 0.3) is 10.7 Å². The fraction of sp³-hybridized carbons (Fsp3) is 0.250. The fourth-order valence-electron chi connectivity index (χ4n) is 1.45. The number of thiazole rings is 1. The maximum Gasteiger partial charge on any atom is 0.263 e. The Morgan fingerprint density at radius 3 is 2.94 bits per heavy atom. The number of hydrogen-bond donors (Lipinski definition) is 1. The summed E-state index contributed by atoms with van der Waals surface area (Å²) in [5.41, 5.74) is 1.55. The molecule has 0 fully saturated rings. The van der Waals surface area contributed by atoms with Gasteiger partial charge in [0.15, 0.2) is 0 Å². The minimum Gasteiger partial charge on any atom is -0.352 e. The van der Waals surface area contributed by atoms with E-state index in [1.165, 1.54) is 11.3 Å². The van der Waals surface area contributed by atoms with E-state index in [9.17, 15) is 4.79 Å². The molecule has 0 spiro atoms. The van der Waals surface area contributed by atoms with Crippen LogP contribution < -0.4 is 5.32 Å². The van der Waals surface area contributed by atoms with Crippen LogP contribution in [0.3, 0.4) is 0 Å². The monoisotopic (exact) mass is 247 g/mol. The van der Waals surface area contributed by atoms with Crippen molar-refractivity contribution in [2.45, 2.75) is 13.8 Å². The number of aryl methyl sites for hydroxylation is 1. The lowest BCUT2D eigenvalue weighted by Crippen LogP contribution is -2.22. The minimum atomic E-state index is -0.0651. The molecule has 0 bridgehead atoms. The number of hydrogen-bond acceptors (Lipinski definition) is 4. The van der Waals surface area contributed by atoms with Crippen LogP contribution in [0, 0.1) is 6.92 Å². The molecule has 0 saturated carbocycles. The van der Waals surface area contributed by atoms with E-state index >= 15 is 0 Å². The molecule has 5 heteroatoms. The van der Waals surface area contributed by atoms with E-state index in [1.807, 2.05) is 32.0 Å². The average Bonchev–Trinajstić information content (AvgIpc) is 2.73. The summed E-state index contributed by atoms with van der Waals surface area (Å²) in [7, 11) is 0. The second kappa shape index (κ2) is 5.05. The number of pyridine rings is 1. The molecule has 0 saturated heterocycles. The van der Waals surface area contributed by atoms with Crippen molar-refractivity contribution < 1.29 is 4.79 Å². The van der Waals surface area contributed by atoms with Crippen molar-refractivity contribution in [2.75, 3.05) is 6.54 Å². The Labute approximate surface area is 104 Å². The Hall–Kier alpha value is -1.75. The molecule has 88 valence electrons. The van der Waals surface area contributed by atoms with Crippen molar-refractivity contribution in [3.05, 3.63) is 35.0 Å². The lowest BCUT2D eigenvalue weighted by Gasteiger charge is -1.97. The SMILES string of the molecule is CCNC(=O)c1sc(-c2ccccn2)nc1C. The zero-order valence-electron chi connectivity index (χ0n) is 9.73. The molecule has 17 heavy (non-hydrogen) atoms. The second-order valence-corrected chi connectivity index (χ2v) is 4.51. The third-order valence-electron chi connectivity index (χ3n) is 2.22. The van der Waals surface area contributed by atoms with Crippen LogP contribution in [-0.4, -0.2) is 22.4 Å². The Bertz CT molecular complexity index is 522. The summed E-state index contributed by atoms with van der Waals surface area (Å²) in [6, 6.07) is 5.65. The lowest BCUT2D eigenvalue weighted by atomic mass is 10.3. The second-order valence-electron chi connectivity index (χ2n) is 3.51. The van der Waals surface area contributed by atoms with Gasteiger partial charge in [-0.2, -0.15) is 0 Å². The lowest BCUT2D eigenvalue weighted by molar-refractivity contribution is 0.0959. The molecule has 2 aromatic heterocycles. The number of aromatic nitrogens is 2. The zero-order chi connectivity index (χ0) is 12.3. The molecule has 1 N–H and O–H groups in total. The standard InChI is InChI=1S/C12H13N3OS/c1-3-13-11(16)10-8(2)15-12(17-10)9-6-4-5-7-14-9/h4-7H,3H2,1-2H3,(H,13,16). The molecule has 0 atom stereocenters. The number of carbonyl (C=O) groups is 1. The molecule has 0 radical (unpaired) electrons. The predicted molar refractivity (Wildman–Crippen MR) is 68.1 cm³/mol. The normalized spacial score (nSPS) is 10.2. The Kier molecular flexibility index (Phi) is 3.49.